The van der Waals surface area contributed by atoms with Crippen molar-refractivity contribution in [2.75, 3.05) is 20.3 Å². The number of ether oxygens (including phenoxy) is 1. The fourth-order valence-corrected chi connectivity index (χ4v) is 1.90. The third-order valence-corrected chi connectivity index (χ3v) is 3.04. The van der Waals surface area contributed by atoms with Crippen LogP contribution in [0.25, 0.3) is 0 Å². The van der Waals surface area contributed by atoms with Gasteiger partial charge in [-0.1, -0.05) is 0 Å². The topological polar surface area (TPSA) is 42.4 Å². The number of hydrogen-bond acceptors (Lipinski definition) is 3. The van der Waals surface area contributed by atoms with Gasteiger partial charge in [-0.2, -0.15) is 0 Å². The summed E-state index contributed by atoms with van der Waals surface area (Å²) in [5.41, 5.74) is 0.581. The molecule has 0 saturated heterocycles. The van der Waals surface area contributed by atoms with Crippen molar-refractivity contribution < 1.29 is 9.53 Å². The van der Waals surface area contributed by atoms with Crippen molar-refractivity contribution in [3.63, 3.8) is 0 Å². The van der Waals surface area contributed by atoms with E-state index in [0.717, 1.165) is 0 Å². The molecule has 4 nitrogen and oxygen atoms in total. The van der Waals surface area contributed by atoms with Crippen LogP contribution in [-0.2, 0) is 4.74 Å². The van der Waals surface area contributed by atoms with E-state index >= 15 is 0 Å². The molecule has 0 spiro atoms. The molecule has 5 heteroatoms. The molecule has 0 aliphatic rings. The Morgan fingerprint density at radius 2 is 2.29 bits per heavy atom. The summed E-state index contributed by atoms with van der Waals surface area (Å²) < 4.78 is 5.59. The van der Waals surface area contributed by atoms with Gasteiger partial charge in [0.1, 0.15) is 4.60 Å². The van der Waals surface area contributed by atoms with Gasteiger partial charge in [-0.05, 0) is 41.9 Å². The van der Waals surface area contributed by atoms with Crippen molar-refractivity contribution in [3.05, 3.63) is 28.5 Å². The summed E-state index contributed by atoms with van der Waals surface area (Å²) >= 11 is 3.29. The lowest BCUT2D eigenvalue weighted by molar-refractivity contribution is 0.0633. The fraction of sp³-hybridized carbons (Fsp3) is 0.500. The number of carbonyl (C=O) groups is 1. The van der Waals surface area contributed by atoms with Gasteiger partial charge in [0.2, 0.25) is 0 Å². The first-order chi connectivity index (χ1) is 8.07. The van der Waals surface area contributed by atoms with Gasteiger partial charge in [-0.15, -0.1) is 0 Å². The number of halogens is 1. The molecule has 0 unspecified atom stereocenters. The molecule has 1 amide bonds. The van der Waals surface area contributed by atoms with Gasteiger partial charge in [-0.3, -0.25) is 4.79 Å². The van der Waals surface area contributed by atoms with Crippen LogP contribution in [0.15, 0.2) is 22.9 Å². The van der Waals surface area contributed by atoms with E-state index in [9.17, 15) is 4.79 Å². The zero-order chi connectivity index (χ0) is 12.8. The molecule has 0 saturated carbocycles. The first kappa shape index (κ1) is 14.1. The standard InChI is InChI=1S/C12H17BrN2O2/c1-9(2)15(7-8-17-3)12(16)10-5-4-6-14-11(10)13/h4-6,9H,7-8H2,1-3H3. The largest absolute Gasteiger partial charge is 0.383 e. The maximum atomic E-state index is 12.3. The van der Waals surface area contributed by atoms with Crippen LogP contribution < -0.4 is 0 Å². The second-order valence-corrected chi connectivity index (χ2v) is 4.68. The smallest absolute Gasteiger partial charge is 0.256 e. The van der Waals surface area contributed by atoms with Crippen molar-refractivity contribution in [1.82, 2.24) is 9.88 Å². The van der Waals surface area contributed by atoms with Crippen LogP contribution in [0.5, 0.6) is 0 Å². The van der Waals surface area contributed by atoms with Gasteiger partial charge in [0, 0.05) is 25.9 Å². The predicted octanol–water partition coefficient (Wildman–Crippen LogP) is 2.34. The highest BCUT2D eigenvalue weighted by atomic mass is 79.9. The lowest BCUT2D eigenvalue weighted by atomic mass is 10.2. The number of aromatic nitrogens is 1. The monoisotopic (exact) mass is 300 g/mol. The van der Waals surface area contributed by atoms with Crippen LogP contribution in [0.2, 0.25) is 0 Å². The molecule has 1 rings (SSSR count). The minimum absolute atomic E-state index is 0.0305. The van der Waals surface area contributed by atoms with E-state index in [0.29, 0.717) is 23.3 Å². The Morgan fingerprint density at radius 3 is 2.82 bits per heavy atom. The highest BCUT2D eigenvalue weighted by Gasteiger charge is 2.20. The molecule has 0 fully saturated rings. The highest BCUT2D eigenvalue weighted by Crippen LogP contribution is 2.16. The van der Waals surface area contributed by atoms with E-state index in [2.05, 4.69) is 20.9 Å². The Bertz CT molecular complexity index is 383. The minimum Gasteiger partial charge on any atom is -0.383 e. The first-order valence-electron chi connectivity index (χ1n) is 5.48. The van der Waals surface area contributed by atoms with Gasteiger partial charge >= 0.3 is 0 Å². The number of pyridine rings is 1. The minimum atomic E-state index is -0.0305. The zero-order valence-corrected chi connectivity index (χ0v) is 11.9. The van der Waals surface area contributed by atoms with Gasteiger partial charge < -0.3 is 9.64 Å². The van der Waals surface area contributed by atoms with Crippen LogP contribution in [0.3, 0.4) is 0 Å². The van der Waals surface area contributed by atoms with Crippen molar-refractivity contribution in [2.24, 2.45) is 0 Å². The molecule has 0 bridgehead atoms. The van der Waals surface area contributed by atoms with Crippen LogP contribution in [0, 0.1) is 0 Å². The van der Waals surface area contributed by atoms with Crippen LogP contribution in [-0.4, -0.2) is 42.1 Å². The third kappa shape index (κ3) is 3.78. The fourth-order valence-electron chi connectivity index (χ4n) is 1.48. The van der Waals surface area contributed by atoms with Gasteiger partial charge in [0.15, 0.2) is 0 Å². The lowest BCUT2D eigenvalue weighted by Gasteiger charge is -2.26. The summed E-state index contributed by atoms with van der Waals surface area (Å²) in [6.45, 7) is 5.08. The number of rotatable bonds is 5. The van der Waals surface area contributed by atoms with Gasteiger partial charge in [0.05, 0.1) is 12.2 Å². The van der Waals surface area contributed by atoms with Crippen LogP contribution in [0.4, 0.5) is 0 Å². The molecule has 0 aliphatic carbocycles. The van der Waals surface area contributed by atoms with Gasteiger partial charge in [-0.25, -0.2) is 4.98 Å². The van der Waals surface area contributed by atoms with Crippen molar-refractivity contribution in [1.29, 1.82) is 0 Å². The zero-order valence-electron chi connectivity index (χ0n) is 10.3. The molecule has 94 valence electrons. The van der Waals surface area contributed by atoms with Gasteiger partial charge in [0.25, 0.3) is 5.91 Å². The molecule has 0 N–H and O–H groups in total. The van der Waals surface area contributed by atoms with Crippen molar-refractivity contribution >= 4 is 21.8 Å². The molecule has 0 atom stereocenters. The van der Waals surface area contributed by atoms with Crippen LogP contribution >= 0.6 is 15.9 Å². The Balaban J connectivity index is 2.88. The van der Waals surface area contributed by atoms with E-state index in [-0.39, 0.29) is 11.9 Å². The second-order valence-electron chi connectivity index (χ2n) is 3.93. The molecular formula is C12H17BrN2O2. The summed E-state index contributed by atoms with van der Waals surface area (Å²) in [4.78, 5) is 18.1. The summed E-state index contributed by atoms with van der Waals surface area (Å²) in [6.07, 6.45) is 1.65. The maximum Gasteiger partial charge on any atom is 0.256 e. The summed E-state index contributed by atoms with van der Waals surface area (Å²) in [5.74, 6) is -0.0305. The molecule has 0 radical (unpaired) electrons. The SMILES string of the molecule is COCCN(C(=O)c1cccnc1Br)C(C)C. The third-order valence-electron chi connectivity index (χ3n) is 2.41. The maximum absolute atomic E-state index is 12.3. The Labute approximate surface area is 110 Å². The summed E-state index contributed by atoms with van der Waals surface area (Å²) in [7, 11) is 1.63. The Hall–Kier alpha value is -0.940. The number of carbonyl (C=O) groups excluding carboxylic acids is 1. The summed E-state index contributed by atoms with van der Waals surface area (Å²) in [5, 5.41) is 0. The summed E-state index contributed by atoms with van der Waals surface area (Å²) in [6, 6.07) is 3.65. The lowest BCUT2D eigenvalue weighted by Crippen LogP contribution is -2.39. The first-order valence-corrected chi connectivity index (χ1v) is 6.27. The number of methoxy groups -OCH3 is 1. The molecule has 1 aromatic rings. The molecule has 0 aromatic carbocycles. The Kier molecular flexibility index (Phi) is 5.58. The molecule has 1 aromatic heterocycles. The normalized spacial score (nSPS) is 10.6. The van der Waals surface area contributed by atoms with Crippen molar-refractivity contribution in [2.45, 2.75) is 19.9 Å². The highest BCUT2D eigenvalue weighted by molar-refractivity contribution is 9.10. The average Bonchev–Trinajstić information content (AvgIpc) is 2.29. The number of hydrogen-bond donors (Lipinski definition) is 0. The van der Waals surface area contributed by atoms with Crippen LogP contribution in [0.1, 0.15) is 24.2 Å². The molecular weight excluding hydrogens is 284 g/mol. The van der Waals surface area contributed by atoms with E-state index < -0.39 is 0 Å². The number of nitrogens with zero attached hydrogens (tertiary/aromatic N) is 2. The van der Waals surface area contributed by atoms with E-state index in [1.54, 1.807) is 30.3 Å². The molecule has 0 aliphatic heterocycles. The molecule has 1 heterocycles. The Morgan fingerprint density at radius 1 is 1.59 bits per heavy atom. The van der Waals surface area contributed by atoms with E-state index in [1.807, 2.05) is 13.8 Å². The van der Waals surface area contributed by atoms with Crippen molar-refractivity contribution in [3.8, 4) is 0 Å². The average molecular weight is 301 g/mol. The van der Waals surface area contributed by atoms with E-state index in [4.69, 9.17) is 4.74 Å². The molecule has 17 heavy (non-hydrogen) atoms. The predicted molar refractivity (Wildman–Crippen MR) is 70.0 cm³/mol. The second kappa shape index (κ2) is 6.71. The van der Waals surface area contributed by atoms with E-state index in [1.165, 1.54) is 0 Å². The quantitative estimate of drug-likeness (QED) is 0.784. The number of amides is 1.